The van der Waals surface area contributed by atoms with E-state index in [0.717, 1.165) is 12.1 Å². The summed E-state index contributed by atoms with van der Waals surface area (Å²) in [5.41, 5.74) is 0.114. The van der Waals surface area contributed by atoms with E-state index in [-0.39, 0.29) is 29.2 Å². The molecule has 3 rings (SSSR count). The zero-order valence-electron chi connectivity index (χ0n) is 15.3. The molecule has 0 spiro atoms. The number of halogens is 3. The highest BCUT2D eigenvalue weighted by Crippen LogP contribution is 2.38. The third-order valence-corrected chi connectivity index (χ3v) is 6.74. The molecule has 1 aliphatic rings. The Hall–Kier alpha value is -2.52. The molecule has 0 aromatic heterocycles. The predicted octanol–water partition coefficient (Wildman–Crippen LogP) is 2.73. The number of carbonyl (C=O) groups is 2. The van der Waals surface area contributed by atoms with Crippen LogP contribution in [0.25, 0.3) is 0 Å². The molecule has 10 heteroatoms. The molecule has 2 aromatic rings. The summed E-state index contributed by atoms with van der Waals surface area (Å²) in [5.74, 6) is -3.24. The summed E-state index contributed by atoms with van der Waals surface area (Å²) in [5, 5.41) is 2.75. The SMILES string of the molecule is CN(C(=O)CCNC(=O)c1ccc(F)cc1F)[C@H]1CS(=O)(=O)c2ccc(Cl)cc21. The fraction of sp³-hybridized carbons (Fsp3) is 0.263. The van der Waals surface area contributed by atoms with Crippen molar-refractivity contribution in [2.75, 3.05) is 19.3 Å². The molecule has 0 unspecified atom stereocenters. The van der Waals surface area contributed by atoms with E-state index in [2.05, 4.69) is 5.32 Å². The predicted molar refractivity (Wildman–Crippen MR) is 102 cm³/mol. The van der Waals surface area contributed by atoms with Crippen LogP contribution in [0.1, 0.15) is 28.4 Å². The number of fused-ring (bicyclic) bond motifs is 1. The lowest BCUT2D eigenvalue weighted by molar-refractivity contribution is -0.131. The van der Waals surface area contributed by atoms with Gasteiger partial charge in [0.25, 0.3) is 5.91 Å². The molecule has 1 N–H and O–H groups in total. The Morgan fingerprint density at radius 2 is 1.93 bits per heavy atom. The molecule has 0 bridgehead atoms. The molecule has 1 heterocycles. The lowest BCUT2D eigenvalue weighted by atomic mass is 10.1. The molecule has 0 aliphatic carbocycles. The lowest BCUT2D eigenvalue weighted by Crippen LogP contribution is -2.35. The number of carbonyl (C=O) groups excluding carboxylic acids is 2. The van der Waals surface area contributed by atoms with E-state index < -0.39 is 39.3 Å². The highest BCUT2D eigenvalue weighted by Gasteiger charge is 2.38. The molecule has 2 aromatic carbocycles. The maximum Gasteiger partial charge on any atom is 0.254 e. The topological polar surface area (TPSA) is 83.6 Å². The molecule has 6 nitrogen and oxygen atoms in total. The van der Waals surface area contributed by atoms with Gasteiger partial charge in [0.2, 0.25) is 5.91 Å². The smallest absolute Gasteiger partial charge is 0.254 e. The summed E-state index contributed by atoms with van der Waals surface area (Å²) in [7, 11) is -2.05. The van der Waals surface area contributed by atoms with E-state index in [4.69, 9.17) is 11.6 Å². The molecule has 2 amide bonds. The van der Waals surface area contributed by atoms with Crippen molar-refractivity contribution >= 4 is 33.3 Å². The number of sulfone groups is 1. The van der Waals surface area contributed by atoms with Crippen molar-refractivity contribution in [2.24, 2.45) is 0 Å². The minimum atomic E-state index is -3.52. The summed E-state index contributed by atoms with van der Waals surface area (Å²) in [4.78, 5) is 25.9. The van der Waals surface area contributed by atoms with Crippen LogP contribution in [-0.4, -0.2) is 44.5 Å². The Morgan fingerprint density at radius 3 is 2.62 bits per heavy atom. The van der Waals surface area contributed by atoms with Crippen molar-refractivity contribution in [3.05, 3.63) is 64.2 Å². The van der Waals surface area contributed by atoms with Gasteiger partial charge in [0.05, 0.1) is 22.3 Å². The van der Waals surface area contributed by atoms with Gasteiger partial charge >= 0.3 is 0 Å². The van der Waals surface area contributed by atoms with Gasteiger partial charge in [-0.2, -0.15) is 0 Å². The molecule has 154 valence electrons. The van der Waals surface area contributed by atoms with Crippen molar-refractivity contribution in [1.82, 2.24) is 10.2 Å². The fourth-order valence-corrected chi connectivity index (χ4v) is 5.18. The van der Waals surface area contributed by atoms with Crippen LogP contribution in [0.3, 0.4) is 0 Å². The van der Waals surface area contributed by atoms with Crippen LogP contribution in [0.5, 0.6) is 0 Å². The van der Waals surface area contributed by atoms with E-state index in [0.29, 0.717) is 16.7 Å². The number of benzene rings is 2. The van der Waals surface area contributed by atoms with Gasteiger partial charge in [-0.1, -0.05) is 11.6 Å². The van der Waals surface area contributed by atoms with Crippen molar-refractivity contribution in [2.45, 2.75) is 17.4 Å². The first-order valence-electron chi connectivity index (χ1n) is 8.61. The maximum atomic E-state index is 13.6. The molecular formula is C19H17ClF2N2O4S. The first-order chi connectivity index (χ1) is 13.6. The first kappa shape index (κ1) is 21.2. The Balaban J connectivity index is 1.63. The van der Waals surface area contributed by atoms with E-state index in [1.165, 1.54) is 30.1 Å². The molecule has 29 heavy (non-hydrogen) atoms. The van der Waals surface area contributed by atoms with Crippen LogP contribution < -0.4 is 5.32 Å². The van der Waals surface area contributed by atoms with Gasteiger partial charge in [-0.05, 0) is 35.9 Å². The summed E-state index contributed by atoms with van der Waals surface area (Å²) >= 11 is 5.97. The first-order valence-corrected chi connectivity index (χ1v) is 10.6. The van der Waals surface area contributed by atoms with Gasteiger partial charge in [0, 0.05) is 31.1 Å². The summed E-state index contributed by atoms with van der Waals surface area (Å²) in [6, 6.07) is 6.30. The number of nitrogens with one attached hydrogen (secondary N) is 1. The normalized spacial score (nSPS) is 16.9. The highest BCUT2D eigenvalue weighted by atomic mass is 35.5. The van der Waals surface area contributed by atoms with Crippen LogP contribution >= 0.6 is 11.6 Å². The average molecular weight is 443 g/mol. The zero-order chi connectivity index (χ0) is 21.3. The van der Waals surface area contributed by atoms with Crippen molar-refractivity contribution in [3.63, 3.8) is 0 Å². The maximum absolute atomic E-state index is 13.6. The van der Waals surface area contributed by atoms with Gasteiger partial charge in [0.15, 0.2) is 9.84 Å². The number of hydrogen-bond donors (Lipinski definition) is 1. The van der Waals surface area contributed by atoms with Crippen molar-refractivity contribution < 1.29 is 26.8 Å². The molecular weight excluding hydrogens is 426 g/mol. The minimum Gasteiger partial charge on any atom is -0.351 e. The van der Waals surface area contributed by atoms with Gasteiger partial charge < -0.3 is 10.2 Å². The Morgan fingerprint density at radius 1 is 1.21 bits per heavy atom. The largest absolute Gasteiger partial charge is 0.351 e. The molecule has 0 radical (unpaired) electrons. The second-order valence-electron chi connectivity index (χ2n) is 6.61. The molecule has 0 saturated heterocycles. The Bertz CT molecular complexity index is 1090. The quantitative estimate of drug-likeness (QED) is 0.771. The third-order valence-electron chi connectivity index (χ3n) is 4.70. The standard InChI is InChI=1S/C19H17ClF2N2O4S/c1-24(16-10-29(27,28)17-5-2-11(20)8-14(16)17)18(25)6-7-23-19(26)13-4-3-12(21)9-15(13)22/h2-5,8-9,16H,6-7,10H2,1H3,(H,23,26)/t16-/m0/s1. The monoisotopic (exact) mass is 442 g/mol. The second-order valence-corrected chi connectivity index (χ2v) is 9.05. The second kappa shape index (κ2) is 8.08. The number of rotatable bonds is 5. The zero-order valence-corrected chi connectivity index (χ0v) is 16.9. The summed E-state index contributed by atoms with van der Waals surface area (Å²) in [6.07, 6.45) is -0.127. The van der Waals surface area contributed by atoms with Crippen molar-refractivity contribution in [1.29, 1.82) is 0 Å². The van der Waals surface area contributed by atoms with Crippen LogP contribution in [0.15, 0.2) is 41.3 Å². The molecule has 1 aliphatic heterocycles. The third kappa shape index (κ3) is 4.40. The van der Waals surface area contributed by atoms with Crippen LogP contribution in [0.2, 0.25) is 5.02 Å². The lowest BCUT2D eigenvalue weighted by Gasteiger charge is -2.24. The van der Waals surface area contributed by atoms with Gasteiger partial charge in [0.1, 0.15) is 11.6 Å². The Labute approximate surface area is 171 Å². The Kier molecular flexibility index (Phi) is 5.90. The summed E-state index contributed by atoms with van der Waals surface area (Å²) < 4.78 is 51.2. The van der Waals surface area contributed by atoms with Gasteiger partial charge in [-0.25, -0.2) is 17.2 Å². The van der Waals surface area contributed by atoms with E-state index in [1.807, 2.05) is 0 Å². The number of amides is 2. The van der Waals surface area contributed by atoms with Crippen LogP contribution in [0.4, 0.5) is 8.78 Å². The van der Waals surface area contributed by atoms with E-state index in [9.17, 15) is 26.8 Å². The average Bonchev–Trinajstić information content (AvgIpc) is 2.91. The molecule has 0 saturated carbocycles. The fourth-order valence-electron chi connectivity index (χ4n) is 3.17. The molecule has 0 fully saturated rings. The van der Waals surface area contributed by atoms with E-state index in [1.54, 1.807) is 0 Å². The summed E-state index contributed by atoms with van der Waals surface area (Å²) in [6.45, 7) is -0.0965. The van der Waals surface area contributed by atoms with E-state index >= 15 is 0 Å². The highest BCUT2D eigenvalue weighted by molar-refractivity contribution is 7.91. The minimum absolute atomic E-state index is 0.0965. The van der Waals surface area contributed by atoms with Crippen molar-refractivity contribution in [3.8, 4) is 0 Å². The van der Waals surface area contributed by atoms with Gasteiger partial charge in [-0.3, -0.25) is 9.59 Å². The molecule has 1 atom stereocenters. The van der Waals surface area contributed by atoms with Crippen LogP contribution in [-0.2, 0) is 14.6 Å². The van der Waals surface area contributed by atoms with Crippen LogP contribution in [0, 0.1) is 11.6 Å². The number of hydrogen-bond acceptors (Lipinski definition) is 4. The van der Waals surface area contributed by atoms with Gasteiger partial charge in [-0.15, -0.1) is 0 Å². The number of nitrogens with zero attached hydrogens (tertiary/aromatic N) is 1.